The summed E-state index contributed by atoms with van der Waals surface area (Å²) in [4.78, 5) is 41.2. The van der Waals surface area contributed by atoms with E-state index in [0.29, 0.717) is 22.3 Å². The molecule has 0 saturated carbocycles. The lowest BCUT2D eigenvalue weighted by Crippen LogP contribution is -2.46. The molecule has 1 heterocycles. The van der Waals surface area contributed by atoms with E-state index >= 15 is 0 Å². The fourth-order valence-corrected chi connectivity index (χ4v) is 3.15. The van der Waals surface area contributed by atoms with E-state index in [-0.39, 0.29) is 5.69 Å². The summed E-state index contributed by atoms with van der Waals surface area (Å²) in [7, 11) is 1.47. The standard InChI is InChI=1S/C23H18N4O4/c1-31-19-13-11-14-6-2-4-8-16(14)20(19)25-22(29)23(30)27-26-21(28)18-12-10-15-7-3-5-9-17(15)24-18/h2-13H,1H3,(H,25,29)(H,26,28)(H,27,30). The summed E-state index contributed by atoms with van der Waals surface area (Å²) in [5, 5.41) is 5.02. The highest BCUT2D eigenvalue weighted by molar-refractivity contribution is 6.40. The van der Waals surface area contributed by atoms with E-state index in [2.05, 4.69) is 21.2 Å². The maximum absolute atomic E-state index is 12.4. The molecule has 0 saturated heterocycles. The molecule has 3 aromatic carbocycles. The lowest BCUT2D eigenvalue weighted by molar-refractivity contribution is -0.136. The van der Waals surface area contributed by atoms with Crippen molar-refractivity contribution >= 4 is 45.1 Å². The highest BCUT2D eigenvalue weighted by Gasteiger charge is 2.19. The number of fused-ring (bicyclic) bond motifs is 2. The van der Waals surface area contributed by atoms with Crippen LogP contribution in [0.25, 0.3) is 21.7 Å². The van der Waals surface area contributed by atoms with Crippen LogP contribution >= 0.6 is 0 Å². The molecule has 1 aromatic heterocycles. The summed E-state index contributed by atoms with van der Waals surface area (Å²) < 4.78 is 5.30. The Kier molecular flexibility index (Phi) is 5.44. The quantitative estimate of drug-likeness (QED) is 0.353. The first-order valence-corrected chi connectivity index (χ1v) is 9.40. The third-order valence-electron chi connectivity index (χ3n) is 4.68. The van der Waals surface area contributed by atoms with Crippen molar-refractivity contribution in [2.75, 3.05) is 12.4 Å². The van der Waals surface area contributed by atoms with Crippen LogP contribution in [0.1, 0.15) is 10.5 Å². The predicted octanol–water partition coefficient (Wildman–Crippen LogP) is 2.80. The van der Waals surface area contributed by atoms with Crippen molar-refractivity contribution < 1.29 is 19.1 Å². The van der Waals surface area contributed by atoms with E-state index in [1.54, 1.807) is 24.3 Å². The number of rotatable bonds is 3. The second-order valence-electron chi connectivity index (χ2n) is 6.62. The Hall–Kier alpha value is -4.46. The van der Waals surface area contributed by atoms with Crippen molar-refractivity contribution in [1.82, 2.24) is 15.8 Å². The van der Waals surface area contributed by atoms with Gasteiger partial charge in [0.1, 0.15) is 11.4 Å². The second-order valence-corrected chi connectivity index (χ2v) is 6.62. The van der Waals surface area contributed by atoms with Gasteiger partial charge in [-0.3, -0.25) is 25.2 Å². The van der Waals surface area contributed by atoms with Gasteiger partial charge in [0.25, 0.3) is 5.91 Å². The summed E-state index contributed by atoms with van der Waals surface area (Å²) in [6.07, 6.45) is 0. The molecule has 8 heteroatoms. The van der Waals surface area contributed by atoms with E-state index in [1.807, 2.05) is 42.5 Å². The number of hydrazine groups is 1. The van der Waals surface area contributed by atoms with Crippen LogP contribution in [0.5, 0.6) is 5.75 Å². The number of pyridine rings is 1. The number of carbonyl (C=O) groups excluding carboxylic acids is 3. The van der Waals surface area contributed by atoms with Gasteiger partial charge in [0.2, 0.25) is 0 Å². The van der Waals surface area contributed by atoms with Crippen molar-refractivity contribution in [2.45, 2.75) is 0 Å². The smallest absolute Gasteiger partial charge is 0.328 e. The van der Waals surface area contributed by atoms with Crippen LogP contribution in [-0.2, 0) is 9.59 Å². The topological polar surface area (TPSA) is 109 Å². The van der Waals surface area contributed by atoms with Crippen LogP contribution in [0.3, 0.4) is 0 Å². The zero-order valence-corrected chi connectivity index (χ0v) is 16.5. The maximum Gasteiger partial charge on any atom is 0.328 e. The molecule has 0 bridgehead atoms. The number of ether oxygens (including phenoxy) is 1. The first-order chi connectivity index (χ1) is 15.1. The van der Waals surface area contributed by atoms with Gasteiger partial charge < -0.3 is 10.1 Å². The minimum absolute atomic E-state index is 0.107. The summed E-state index contributed by atoms with van der Waals surface area (Å²) >= 11 is 0. The van der Waals surface area contributed by atoms with Crippen LogP contribution in [0.15, 0.2) is 72.8 Å². The highest BCUT2D eigenvalue weighted by Crippen LogP contribution is 2.33. The Morgan fingerprint density at radius 1 is 0.774 bits per heavy atom. The van der Waals surface area contributed by atoms with Crippen molar-refractivity contribution in [3.8, 4) is 5.75 Å². The molecule has 31 heavy (non-hydrogen) atoms. The molecule has 0 aliphatic heterocycles. The minimum atomic E-state index is -1.04. The Bertz CT molecular complexity index is 1320. The van der Waals surface area contributed by atoms with Crippen LogP contribution < -0.4 is 20.9 Å². The lowest BCUT2D eigenvalue weighted by Gasteiger charge is -2.13. The monoisotopic (exact) mass is 414 g/mol. The van der Waals surface area contributed by atoms with E-state index < -0.39 is 17.7 Å². The van der Waals surface area contributed by atoms with Crippen LogP contribution in [-0.4, -0.2) is 29.8 Å². The fraction of sp³-hybridized carbons (Fsp3) is 0.0435. The molecule has 154 valence electrons. The molecule has 0 fully saturated rings. The summed E-state index contributed by atoms with van der Waals surface area (Å²) in [6, 6.07) is 21.5. The van der Waals surface area contributed by atoms with Crippen LogP contribution in [0, 0.1) is 0 Å². The van der Waals surface area contributed by atoms with Gasteiger partial charge >= 0.3 is 11.8 Å². The Morgan fingerprint density at radius 2 is 1.48 bits per heavy atom. The number of aromatic nitrogens is 1. The predicted molar refractivity (Wildman–Crippen MR) is 116 cm³/mol. The third kappa shape index (κ3) is 4.13. The number of hydrogen-bond acceptors (Lipinski definition) is 5. The second kappa shape index (κ2) is 8.50. The molecular formula is C23H18N4O4. The summed E-state index contributed by atoms with van der Waals surface area (Å²) in [5.74, 6) is -2.23. The van der Waals surface area contributed by atoms with Crippen LogP contribution in [0.2, 0.25) is 0 Å². The van der Waals surface area contributed by atoms with Crippen molar-refractivity contribution in [3.05, 3.63) is 78.5 Å². The van der Waals surface area contributed by atoms with Gasteiger partial charge in [0.05, 0.1) is 18.3 Å². The Morgan fingerprint density at radius 3 is 2.29 bits per heavy atom. The van der Waals surface area contributed by atoms with E-state index in [4.69, 9.17) is 4.74 Å². The molecule has 0 aliphatic rings. The molecule has 8 nitrogen and oxygen atoms in total. The number of amides is 3. The van der Waals surface area contributed by atoms with Crippen molar-refractivity contribution in [1.29, 1.82) is 0 Å². The number of nitrogens with zero attached hydrogens (tertiary/aromatic N) is 1. The molecule has 0 spiro atoms. The normalized spacial score (nSPS) is 10.5. The SMILES string of the molecule is COc1ccc2ccccc2c1NC(=O)C(=O)NNC(=O)c1ccc2ccccc2n1. The van der Waals surface area contributed by atoms with Gasteiger partial charge in [-0.05, 0) is 23.6 Å². The molecule has 3 amide bonds. The van der Waals surface area contributed by atoms with Gasteiger partial charge in [-0.2, -0.15) is 0 Å². The number of hydrogen-bond donors (Lipinski definition) is 3. The van der Waals surface area contributed by atoms with Crippen LogP contribution in [0.4, 0.5) is 5.69 Å². The molecule has 0 radical (unpaired) electrons. The lowest BCUT2D eigenvalue weighted by atomic mass is 10.1. The largest absolute Gasteiger partial charge is 0.495 e. The van der Waals surface area contributed by atoms with Gasteiger partial charge in [-0.15, -0.1) is 0 Å². The van der Waals surface area contributed by atoms with E-state index in [9.17, 15) is 14.4 Å². The number of carbonyl (C=O) groups is 3. The molecule has 3 N–H and O–H groups in total. The van der Waals surface area contributed by atoms with Gasteiger partial charge in [-0.1, -0.05) is 54.6 Å². The molecule has 4 aromatic rings. The number of anilines is 1. The zero-order chi connectivity index (χ0) is 21.8. The Balaban J connectivity index is 1.45. The average Bonchev–Trinajstić information content (AvgIpc) is 2.82. The number of benzene rings is 3. The molecular weight excluding hydrogens is 396 g/mol. The maximum atomic E-state index is 12.4. The van der Waals surface area contributed by atoms with E-state index in [1.165, 1.54) is 13.2 Å². The average molecular weight is 414 g/mol. The minimum Gasteiger partial charge on any atom is -0.495 e. The van der Waals surface area contributed by atoms with Crippen molar-refractivity contribution in [2.24, 2.45) is 0 Å². The molecule has 0 unspecified atom stereocenters. The first kappa shape index (κ1) is 19.8. The number of methoxy groups -OCH3 is 1. The first-order valence-electron chi connectivity index (χ1n) is 9.40. The molecule has 0 aliphatic carbocycles. The highest BCUT2D eigenvalue weighted by atomic mass is 16.5. The number of para-hydroxylation sites is 1. The van der Waals surface area contributed by atoms with E-state index in [0.717, 1.165) is 10.8 Å². The summed E-state index contributed by atoms with van der Waals surface area (Å²) in [5.41, 5.74) is 5.42. The zero-order valence-electron chi connectivity index (χ0n) is 16.5. The van der Waals surface area contributed by atoms with Crippen molar-refractivity contribution in [3.63, 3.8) is 0 Å². The summed E-state index contributed by atoms with van der Waals surface area (Å²) in [6.45, 7) is 0. The number of nitrogens with one attached hydrogen (secondary N) is 3. The third-order valence-corrected chi connectivity index (χ3v) is 4.68. The van der Waals surface area contributed by atoms with Gasteiger partial charge in [-0.25, -0.2) is 4.98 Å². The Labute approximate surface area is 177 Å². The van der Waals surface area contributed by atoms with Gasteiger partial charge in [0.15, 0.2) is 0 Å². The fourth-order valence-electron chi connectivity index (χ4n) is 3.15. The molecule has 0 atom stereocenters. The van der Waals surface area contributed by atoms with Gasteiger partial charge in [0, 0.05) is 10.8 Å². The molecule has 4 rings (SSSR count).